The Bertz CT molecular complexity index is 3220. The fourth-order valence-electron chi connectivity index (χ4n) is 8.56. The average Bonchev–Trinajstić information content (AvgIpc) is 3.64. The second-order valence-electron chi connectivity index (χ2n) is 14.0. The Morgan fingerprint density at radius 3 is 1.65 bits per heavy atom. The van der Waals surface area contributed by atoms with Crippen LogP contribution in [-0.4, -0.2) is 0 Å². The van der Waals surface area contributed by atoms with Crippen molar-refractivity contribution in [2.75, 3.05) is 4.90 Å². The molecule has 0 aliphatic rings. The van der Waals surface area contributed by atoms with E-state index in [-0.39, 0.29) is 0 Å². The molecule has 54 heavy (non-hydrogen) atoms. The lowest BCUT2D eigenvalue weighted by Crippen LogP contribution is -2.11. The Hall–Kier alpha value is -7.16. The van der Waals surface area contributed by atoms with Crippen molar-refractivity contribution in [3.8, 4) is 22.3 Å². The molecule has 2 heteroatoms. The summed E-state index contributed by atoms with van der Waals surface area (Å²) in [7, 11) is 0. The summed E-state index contributed by atoms with van der Waals surface area (Å²) in [5.74, 6) is 0. The third-order valence-electron chi connectivity index (χ3n) is 11.1. The number of hydrogen-bond acceptors (Lipinski definition) is 2. The molecule has 0 atom stereocenters. The van der Waals surface area contributed by atoms with E-state index in [0.717, 1.165) is 50.1 Å². The number of para-hydroxylation sites is 1. The lowest BCUT2D eigenvalue weighted by Gasteiger charge is -2.28. The first-order chi connectivity index (χ1) is 26.8. The molecule has 1 heterocycles. The topological polar surface area (TPSA) is 16.4 Å². The molecule has 0 saturated heterocycles. The Labute approximate surface area is 312 Å². The highest BCUT2D eigenvalue weighted by atomic mass is 16.3. The Morgan fingerprint density at radius 2 is 0.889 bits per heavy atom. The van der Waals surface area contributed by atoms with E-state index < -0.39 is 0 Å². The van der Waals surface area contributed by atoms with E-state index in [1.807, 2.05) is 0 Å². The van der Waals surface area contributed by atoms with Gasteiger partial charge in [-0.3, -0.25) is 0 Å². The highest BCUT2D eigenvalue weighted by Gasteiger charge is 2.24. The summed E-state index contributed by atoms with van der Waals surface area (Å²) in [4.78, 5) is 2.43. The quantitative estimate of drug-likeness (QED) is 0.168. The highest BCUT2D eigenvalue weighted by molar-refractivity contribution is 6.20. The summed E-state index contributed by atoms with van der Waals surface area (Å²) < 4.78 is 6.89. The molecule has 10 aromatic carbocycles. The average molecular weight is 688 g/mol. The summed E-state index contributed by atoms with van der Waals surface area (Å²) in [6.45, 7) is 0. The van der Waals surface area contributed by atoms with Crippen LogP contribution in [0.15, 0.2) is 205 Å². The molecule has 2 nitrogen and oxygen atoms in total. The minimum atomic E-state index is 0.872. The first kappa shape index (κ1) is 30.5. The lowest BCUT2D eigenvalue weighted by molar-refractivity contribution is 0.670. The second-order valence-corrected chi connectivity index (χ2v) is 14.0. The smallest absolute Gasteiger partial charge is 0.145 e. The van der Waals surface area contributed by atoms with Crippen LogP contribution in [0.1, 0.15) is 0 Å². The van der Waals surface area contributed by atoms with Gasteiger partial charge in [0.05, 0.1) is 16.8 Å². The minimum Gasteiger partial charge on any atom is -0.455 e. The van der Waals surface area contributed by atoms with Crippen LogP contribution in [0, 0.1) is 0 Å². The number of rotatable bonds is 5. The van der Waals surface area contributed by atoms with Crippen molar-refractivity contribution in [3.63, 3.8) is 0 Å². The van der Waals surface area contributed by atoms with Gasteiger partial charge in [-0.15, -0.1) is 0 Å². The molecule has 252 valence electrons. The maximum absolute atomic E-state index is 6.89. The summed E-state index contributed by atoms with van der Waals surface area (Å²) >= 11 is 0. The van der Waals surface area contributed by atoms with Crippen LogP contribution in [0.25, 0.3) is 87.3 Å². The van der Waals surface area contributed by atoms with Gasteiger partial charge in [0.2, 0.25) is 0 Å². The highest BCUT2D eigenvalue weighted by Crippen LogP contribution is 2.49. The molecule has 0 aliphatic carbocycles. The molecule has 0 saturated carbocycles. The van der Waals surface area contributed by atoms with Gasteiger partial charge < -0.3 is 9.32 Å². The molecule has 0 aliphatic heterocycles. The van der Waals surface area contributed by atoms with Crippen molar-refractivity contribution in [1.29, 1.82) is 0 Å². The van der Waals surface area contributed by atoms with E-state index in [1.165, 1.54) is 54.2 Å². The summed E-state index contributed by atoms with van der Waals surface area (Å²) in [5.41, 5.74) is 9.66. The van der Waals surface area contributed by atoms with Crippen LogP contribution in [-0.2, 0) is 0 Å². The van der Waals surface area contributed by atoms with Crippen LogP contribution in [0.4, 0.5) is 17.1 Å². The first-order valence-corrected chi connectivity index (χ1v) is 18.5. The van der Waals surface area contributed by atoms with Gasteiger partial charge in [-0.25, -0.2) is 0 Å². The van der Waals surface area contributed by atoms with E-state index in [4.69, 9.17) is 4.42 Å². The maximum atomic E-state index is 6.89. The van der Waals surface area contributed by atoms with Gasteiger partial charge in [0.15, 0.2) is 0 Å². The van der Waals surface area contributed by atoms with Gasteiger partial charge in [-0.05, 0) is 90.8 Å². The second kappa shape index (κ2) is 12.2. The molecule has 0 spiro atoms. The van der Waals surface area contributed by atoms with E-state index in [0.29, 0.717) is 0 Å². The van der Waals surface area contributed by atoms with E-state index in [1.54, 1.807) is 0 Å². The number of hydrogen-bond donors (Lipinski definition) is 0. The largest absolute Gasteiger partial charge is 0.455 e. The minimum absolute atomic E-state index is 0.872. The Balaban J connectivity index is 1.20. The molecule has 0 N–H and O–H groups in total. The Morgan fingerprint density at radius 1 is 0.315 bits per heavy atom. The zero-order chi connectivity index (χ0) is 35.6. The van der Waals surface area contributed by atoms with Crippen molar-refractivity contribution >= 4 is 82.1 Å². The molecule has 1 aromatic heterocycles. The van der Waals surface area contributed by atoms with Crippen LogP contribution >= 0.6 is 0 Å². The number of nitrogens with zero attached hydrogens (tertiary/aromatic N) is 1. The molecule has 11 aromatic rings. The Kier molecular flexibility index (Phi) is 6.90. The van der Waals surface area contributed by atoms with Gasteiger partial charge in [-0.1, -0.05) is 164 Å². The van der Waals surface area contributed by atoms with Crippen LogP contribution in [0.5, 0.6) is 0 Å². The first-order valence-electron chi connectivity index (χ1n) is 18.5. The predicted octanol–water partition coefficient (Wildman–Crippen LogP) is 15.0. The van der Waals surface area contributed by atoms with Gasteiger partial charge >= 0.3 is 0 Å². The standard InChI is InChI=1S/C52H33NO/c1-4-17-39-34(12-1)15-9-21-40(39)37-26-29-38(30-27-37)53(48-24-11-23-43-42-19-6-3-14-36(42)28-31-45(43)48)49-33-32-46(44-22-10-16-35-13-2-5-18-41(35)44)52-51(49)47-20-7-8-25-50(47)54-52/h1-33H. The van der Waals surface area contributed by atoms with Crippen molar-refractivity contribution in [2.45, 2.75) is 0 Å². The van der Waals surface area contributed by atoms with Gasteiger partial charge in [-0.2, -0.15) is 0 Å². The number of furan rings is 1. The fraction of sp³-hybridized carbons (Fsp3) is 0. The molecule has 0 amide bonds. The van der Waals surface area contributed by atoms with Crippen LogP contribution < -0.4 is 4.90 Å². The van der Waals surface area contributed by atoms with Crippen LogP contribution in [0.2, 0.25) is 0 Å². The number of anilines is 3. The summed E-state index contributed by atoms with van der Waals surface area (Å²) in [6.07, 6.45) is 0. The van der Waals surface area contributed by atoms with Crippen molar-refractivity contribution in [3.05, 3.63) is 200 Å². The molecule has 0 radical (unpaired) electrons. The lowest BCUT2D eigenvalue weighted by atomic mass is 9.95. The number of fused-ring (bicyclic) bond motifs is 8. The van der Waals surface area contributed by atoms with Gasteiger partial charge in [0, 0.05) is 22.0 Å². The summed E-state index contributed by atoms with van der Waals surface area (Å²) in [5, 5.41) is 12.0. The van der Waals surface area contributed by atoms with Gasteiger partial charge in [0.1, 0.15) is 11.2 Å². The fourth-order valence-corrected chi connectivity index (χ4v) is 8.56. The molecule has 0 fully saturated rings. The van der Waals surface area contributed by atoms with E-state index in [9.17, 15) is 0 Å². The molecular weight excluding hydrogens is 655 g/mol. The maximum Gasteiger partial charge on any atom is 0.145 e. The van der Waals surface area contributed by atoms with Crippen LogP contribution in [0.3, 0.4) is 0 Å². The summed E-state index contributed by atoms with van der Waals surface area (Å²) in [6, 6.07) is 72.2. The third kappa shape index (κ3) is 4.74. The van der Waals surface area contributed by atoms with E-state index >= 15 is 0 Å². The predicted molar refractivity (Wildman–Crippen MR) is 229 cm³/mol. The van der Waals surface area contributed by atoms with Crippen molar-refractivity contribution in [1.82, 2.24) is 0 Å². The third-order valence-corrected chi connectivity index (χ3v) is 11.1. The van der Waals surface area contributed by atoms with Crippen molar-refractivity contribution in [2.24, 2.45) is 0 Å². The monoisotopic (exact) mass is 687 g/mol. The van der Waals surface area contributed by atoms with Gasteiger partial charge in [0.25, 0.3) is 0 Å². The molecule has 11 rings (SSSR count). The number of benzene rings is 10. The zero-order valence-electron chi connectivity index (χ0n) is 29.4. The van der Waals surface area contributed by atoms with E-state index in [2.05, 4.69) is 205 Å². The van der Waals surface area contributed by atoms with Crippen molar-refractivity contribution < 1.29 is 4.42 Å². The molecule has 0 bridgehead atoms. The molecule has 0 unspecified atom stereocenters. The molecular formula is C52H33NO. The zero-order valence-corrected chi connectivity index (χ0v) is 29.4. The normalized spacial score (nSPS) is 11.7. The SMILES string of the molecule is c1ccc2c(-c3ccc(N(c4cccc5c4ccc4ccccc45)c4ccc(-c5cccc6ccccc56)c5oc6ccccc6c45)cc3)cccc2c1.